The summed E-state index contributed by atoms with van der Waals surface area (Å²) in [7, 11) is 0. The Hall–Kier alpha value is -3.47. The molecule has 0 aliphatic rings. The second-order valence-electron chi connectivity index (χ2n) is 7.77. The van der Waals surface area contributed by atoms with Crippen LogP contribution in [0.25, 0.3) is 11.1 Å². The number of esters is 1. The topological polar surface area (TPSA) is 55.4 Å². The van der Waals surface area contributed by atoms with Crippen LogP contribution in [-0.4, -0.2) is 17.9 Å². The van der Waals surface area contributed by atoms with Gasteiger partial charge in [0.15, 0.2) is 0 Å². The van der Waals surface area contributed by atoms with Crippen molar-refractivity contribution in [3.63, 3.8) is 0 Å². The minimum absolute atomic E-state index is 0.112. The van der Waals surface area contributed by atoms with Crippen LogP contribution < -0.4 is 5.32 Å². The molecule has 3 aromatic carbocycles. The van der Waals surface area contributed by atoms with Gasteiger partial charge in [-0.25, -0.2) is 9.18 Å². The van der Waals surface area contributed by atoms with Crippen molar-refractivity contribution in [2.75, 3.05) is 0 Å². The maximum absolute atomic E-state index is 13.1. The van der Waals surface area contributed by atoms with Crippen molar-refractivity contribution in [3.05, 3.63) is 95.3 Å². The van der Waals surface area contributed by atoms with Crippen LogP contribution in [0.15, 0.2) is 72.8 Å². The molecule has 1 amide bonds. The number of rotatable bonds is 7. The number of halogens is 1. The number of carbonyl (C=O) groups excluding carboxylic acids is 2. The fraction of sp³-hybridized carbons (Fsp3) is 0.231. The molecule has 0 unspecified atom stereocenters. The smallest absolute Gasteiger partial charge is 0.329 e. The first-order valence-electron chi connectivity index (χ1n) is 10.2. The third-order valence-electron chi connectivity index (χ3n) is 5.21. The molecular formula is C26H26FNO3. The van der Waals surface area contributed by atoms with E-state index in [-0.39, 0.29) is 18.1 Å². The molecule has 160 valence electrons. The van der Waals surface area contributed by atoms with Gasteiger partial charge in [0.1, 0.15) is 18.5 Å². The number of carbonyl (C=O) groups is 2. The molecule has 0 aliphatic carbocycles. The van der Waals surface area contributed by atoms with Crippen molar-refractivity contribution in [2.24, 2.45) is 5.92 Å². The molecule has 0 radical (unpaired) electrons. The Kier molecular flexibility index (Phi) is 7.19. The Morgan fingerprint density at radius 2 is 1.61 bits per heavy atom. The maximum Gasteiger partial charge on any atom is 0.329 e. The molecular weight excluding hydrogens is 393 g/mol. The molecule has 0 fully saturated rings. The summed E-state index contributed by atoms with van der Waals surface area (Å²) < 4.78 is 18.7. The Labute approximate surface area is 182 Å². The molecule has 0 aromatic heterocycles. The van der Waals surface area contributed by atoms with E-state index in [1.165, 1.54) is 24.3 Å². The largest absolute Gasteiger partial charge is 0.459 e. The van der Waals surface area contributed by atoms with Crippen LogP contribution in [0.1, 0.15) is 35.3 Å². The quantitative estimate of drug-likeness (QED) is 0.529. The summed E-state index contributed by atoms with van der Waals surface area (Å²) in [6.45, 7) is 5.78. The Bertz CT molecular complexity index is 1050. The normalized spacial score (nSPS) is 11.8. The lowest BCUT2D eigenvalue weighted by atomic mass is 9.97. The second-order valence-corrected chi connectivity index (χ2v) is 7.77. The highest BCUT2D eigenvalue weighted by Crippen LogP contribution is 2.26. The first-order valence-corrected chi connectivity index (χ1v) is 10.2. The minimum Gasteiger partial charge on any atom is -0.459 e. The van der Waals surface area contributed by atoms with Crippen LogP contribution >= 0.6 is 0 Å². The number of amides is 1. The number of ether oxygens (including phenoxy) is 1. The lowest BCUT2D eigenvalue weighted by molar-refractivity contribution is -0.148. The average Bonchev–Trinajstić information content (AvgIpc) is 2.77. The summed E-state index contributed by atoms with van der Waals surface area (Å²) >= 11 is 0. The molecule has 1 N–H and O–H groups in total. The van der Waals surface area contributed by atoms with E-state index >= 15 is 0 Å². The first kappa shape index (κ1) is 22.2. The van der Waals surface area contributed by atoms with Crippen LogP contribution in [0.4, 0.5) is 4.39 Å². The first-order chi connectivity index (χ1) is 14.9. The zero-order valence-electron chi connectivity index (χ0n) is 17.9. The molecule has 31 heavy (non-hydrogen) atoms. The van der Waals surface area contributed by atoms with E-state index in [1.54, 1.807) is 0 Å². The van der Waals surface area contributed by atoms with Gasteiger partial charge < -0.3 is 10.1 Å². The van der Waals surface area contributed by atoms with Crippen molar-refractivity contribution in [1.29, 1.82) is 0 Å². The summed E-state index contributed by atoms with van der Waals surface area (Å²) in [5, 5.41) is 2.70. The van der Waals surface area contributed by atoms with E-state index in [0.29, 0.717) is 0 Å². The monoisotopic (exact) mass is 419 g/mol. The summed E-state index contributed by atoms with van der Waals surface area (Å²) in [4.78, 5) is 25.2. The average molecular weight is 419 g/mol. The molecule has 0 aliphatic heterocycles. The van der Waals surface area contributed by atoms with Gasteiger partial charge in [-0.05, 0) is 59.4 Å². The van der Waals surface area contributed by atoms with Crippen LogP contribution in [0.2, 0.25) is 0 Å². The lowest BCUT2D eigenvalue weighted by Crippen LogP contribution is -2.45. The minimum atomic E-state index is -0.810. The van der Waals surface area contributed by atoms with Gasteiger partial charge in [0.2, 0.25) is 0 Å². The Morgan fingerprint density at radius 1 is 0.935 bits per heavy atom. The zero-order chi connectivity index (χ0) is 22.4. The molecule has 0 saturated heterocycles. The van der Waals surface area contributed by atoms with Crippen LogP contribution in [-0.2, 0) is 16.1 Å². The highest BCUT2D eigenvalue weighted by atomic mass is 19.1. The molecule has 0 saturated carbocycles. The highest BCUT2D eigenvalue weighted by Gasteiger charge is 2.26. The van der Waals surface area contributed by atoms with Crippen LogP contribution in [0.3, 0.4) is 0 Å². The molecule has 1 atom stereocenters. The van der Waals surface area contributed by atoms with E-state index in [1.807, 2.05) is 69.3 Å². The predicted octanol–water partition coefficient (Wildman–Crippen LogP) is 5.30. The van der Waals surface area contributed by atoms with Crippen molar-refractivity contribution in [2.45, 2.75) is 33.4 Å². The van der Waals surface area contributed by atoms with Crippen LogP contribution in [0.5, 0.6) is 0 Å². The van der Waals surface area contributed by atoms with Gasteiger partial charge in [-0.3, -0.25) is 4.79 Å². The number of benzene rings is 3. The van der Waals surface area contributed by atoms with Crippen molar-refractivity contribution < 1.29 is 18.7 Å². The van der Waals surface area contributed by atoms with Gasteiger partial charge in [0, 0.05) is 5.56 Å². The fourth-order valence-electron chi connectivity index (χ4n) is 3.33. The molecule has 0 spiro atoms. The molecule has 4 nitrogen and oxygen atoms in total. The predicted molar refractivity (Wildman–Crippen MR) is 119 cm³/mol. The summed E-state index contributed by atoms with van der Waals surface area (Å²) in [5.74, 6) is -1.55. The van der Waals surface area contributed by atoms with Crippen LogP contribution in [0, 0.1) is 18.7 Å². The number of hydrogen-bond donors (Lipinski definition) is 1. The van der Waals surface area contributed by atoms with Crippen molar-refractivity contribution in [1.82, 2.24) is 5.32 Å². The van der Waals surface area contributed by atoms with E-state index in [2.05, 4.69) is 5.32 Å². The van der Waals surface area contributed by atoms with Gasteiger partial charge in [-0.1, -0.05) is 62.4 Å². The number of hydrogen-bond acceptors (Lipinski definition) is 3. The summed E-state index contributed by atoms with van der Waals surface area (Å²) in [6, 6.07) is 20.3. The zero-order valence-corrected chi connectivity index (χ0v) is 17.9. The highest BCUT2D eigenvalue weighted by molar-refractivity contribution is 5.96. The maximum atomic E-state index is 13.1. The van der Waals surface area contributed by atoms with Gasteiger partial charge in [-0.2, -0.15) is 0 Å². The van der Waals surface area contributed by atoms with Gasteiger partial charge in [-0.15, -0.1) is 0 Å². The van der Waals surface area contributed by atoms with E-state index in [9.17, 15) is 14.0 Å². The Morgan fingerprint density at radius 3 is 2.26 bits per heavy atom. The van der Waals surface area contributed by atoms with Crippen molar-refractivity contribution >= 4 is 11.9 Å². The summed E-state index contributed by atoms with van der Waals surface area (Å²) in [5.41, 5.74) is 4.41. The van der Waals surface area contributed by atoms with Gasteiger partial charge >= 0.3 is 5.97 Å². The SMILES string of the molecule is Cc1c(COC(=O)[C@@H](NC(=O)c2ccc(F)cc2)C(C)C)cccc1-c1ccccc1. The van der Waals surface area contributed by atoms with E-state index in [4.69, 9.17) is 4.74 Å². The van der Waals surface area contributed by atoms with E-state index < -0.39 is 23.7 Å². The Balaban J connectivity index is 1.69. The molecule has 3 rings (SSSR count). The molecule has 0 bridgehead atoms. The second kappa shape index (κ2) is 10.0. The third-order valence-corrected chi connectivity index (χ3v) is 5.21. The standard InChI is InChI=1S/C26H26FNO3/c1-17(2)24(28-25(29)20-12-14-22(27)15-13-20)26(30)31-16-21-10-7-11-23(18(21)3)19-8-5-4-6-9-19/h4-15,17,24H,16H2,1-3H3,(H,28,29)/t24-/m0/s1. The third kappa shape index (κ3) is 5.57. The van der Waals surface area contributed by atoms with Gasteiger partial charge in [0.25, 0.3) is 5.91 Å². The van der Waals surface area contributed by atoms with Crippen molar-refractivity contribution in [3.8, 4) is 11.1 Å². The fourth-order valence-corrected chi connectivity index (χ4v) is 3.33. The molecule has 0 heterocycles. The lowest BCUT2D eigenvalue weighted by Gasteiger charge is -2.21. The van der Waals surface area contributed by atoms with E-state index in [0.717, 1.165) is 22.3 Å². The molecule has 3 aromatic rings. The van der Waals surface area contributed by atoms with Gasteiger partial charge in [0.05, 0.1) is 0 Å². The summed E-state index contributed by atoms with van der Waals surface area (Å²) in [6.07, 6.45) is 0. The number of nitrogens with one attached hydrogen (secondary N) is 1. The molecule has 5 heteroatoms.